The van der Waals surface area contributed by atoms with Crippen LogP contribution in [0.2, 0.25) is 0 Å². The fourth-order valence-corrected chi connectivity index (χ4v) is 1.94. The molecule has 0 saturated heterocycles. The van der Waals surface area contributed by atoms with Gasteiger partial charge in [-0.15, -0.1) is 0 Å². The zero-order valence-electron chi connectivity index (χ0n) is 10.2. The summed E-state index contributed by atoms with van der Waals surface area (Å²) in [5, 5.41) is 9.62. The van der Waals surface area contributed by atoms with Crippen LogP contribution in [0.3, 0.4) is 0 Å². The van der Waals surface area contributed by atoms with Gasteiger partial charge in [0.05, 0.1) is 0 Å². The summed E-state index contributed by atoms with van der Waals surface area (Å²) < 4.78 is 0. The lowest BCUT2D eigenvalue weighted by atomic mass is 9.87. The Labute approximate surface area is 93.1 Å². The van der Waals surface area contributed by atoms with Crippen molar-refractivity contribution in [3.63, 3.8) is 0 Å². The lowest BCUT2D eigenvalue weighted by Gasteiger charge is -2.19. The van der Waals surface area contributed by atoms with Gasteiger partial charge in [0, 0.05) is 0 Å². The van der Waals surface area contributed by atoms with Crippen LogP contribution in [0.25, 0.3) is 0 Å². The summed E-state index contributed by atoms with van der Waals surface area (Å²) in [6.45, 7) is 8.70. The second kappa shape index (κ2) is 5.20. The number of phenols is 1. The molecule has 1 aromatic rings. The third kappa shape index (κ3) is 3.26. The van der Waals surface area contributed by atoms with Crippen LogP contribution < -0.4 is 0 Å². The number of rotatable bonds is 4. The maximum atomic E-state index is 9.62. The number of phenolic OH excluding ortho intramolecular Hbond substituents is 1. The molecule has 0 amide bonds. The molecule has 1 atom stereocenters. The van der Waals surface area contributed by atoms with Gasteiger partial charge in [-0.3, -0.25) is 0 Å². The molecule has 1 rings (SSSR count). The van der Waals surface area contributed by atoms with Gasteiger partial charge in [0.2, 0.25) is 0 Å². The van der Waals surface area contributed by atoms with Crippen molar-refractivity contribution in [2.75, 3.05) is 0 Å². The molecule has 0 aliphatic heterocycles. The largest absolute Gasteiger partial charge is 0.508 e. The van der Waals surface area contributed by atoms with Gasteiger partial charge in [-0.1, -0.05) is 39.3 Å². The summed E-state index contributed by atoms with van der Waals surface area (Å²) in [6.07, 6.45) is 2.27. The Morgan fingerprint density at radius 2 is 1.93 bits per heavy atom. The average Bonchev–Trinajstić information content (AvgIpc) is 2.19. The second-order valence-corrected chi connectivity index (χ2v) is 4.74. The third-order valence-corrected chi connectivity index (χ3v) is 3.24. The molecule has 1 N–H and O–H groups in total. The molecule has 15 heavy (non-hydrogen) atoms. The molecule has 84 valence electrons. The monoisotopic (exact) mass is 206 g/mol. The fraction of sp³-hybridized carbons (Fsp3) is 0.571. The van der Waals surface area contributed by atoms with Gasteiger partial charge in [0.25, 0.3) is 0 Å². The van der Waals surface area contributed by atoms with Crippen LogP contribution in [0.5, 0.6) is 5.75 Å². The molecule has 1 aromatic carbocycles. The highest BCUT2D eigenvalue weighted by atomic mass is 16.3. The minimum atomic E-state index is 0.422. The number of hydrogen-bond donors (Lipinski definition) is 1. The van der Waals surface area contributed by atoms with E-state index in [1.807, 2.05) is 19.1 Å². The molecular formula is C14H22O. The maximum Gasteiger partial charge on any atom is 0.118 e. The van der Waals surface area contributed by atoms with E-state index in [1.165, 1.54) is 12.0 Å². The molecule has 0 heterocycles. The molecule has 0 fully saturated rings. The van der Waals surface area contributed by atoms with Crippen molar-refractivity contribution in [3.8, 4) is 5.75 Å². The van der Waals surface area contributed by atoms with E-state index in [1.54, 1.807) is 0 Å². The number of aryl methyl sites for hydroxylation is 1. The first kappa shape index (κ1) is 12.1. The van der Waals surface area contributed by atoms with Gasteiger partial charge in [-0.25, -0.2) is 0 Å². The molecule has 0 radical (unpaired) electrons. The number of aromatic hydroxyl groups is 1. The van der Waals surface area contributed by atoms with Crippen LogP contribution in [0, 0.1) is 18.8 Å². The molecule has 0 spiro atoms. The van der Waals surface area contributed by atoms with Crippen LogP contribution in [-0.4, -0.2) is 5.11 Å². The van der Waals surface area contributed by atoms with Crippen molar-refractivity contribution in [1.82, 2.24) is 0 Å². The minimum absolute atomic E-state index is 0.422. The summed E-state index contributed by atoms with van der Waals surface area (Å²) in [6, 6.07) is 6.03. The first-order chi connectivity index (χ1) is 7.04. The van der Waals surface area contributed by atoms with Crippen LogP contribution in [0.1, 0.15) is 38.3 Å². The van der Waals surface area contributed by atoms with Gasteiger partial charge < -0.3 is 5.11 Å². The highest BCUT2D eigenvalue weighted by Crippen LogP contribution is 2.24. The topological polar surface area (TPSA) is 20.2 Å². The third-order valence-electron chi connectivity index (χ3n) is 3.24. The Balaban J connectivity index is 2.75. The SMILES string of the molecule is CCC(Cc1ccc(C)c(O)c1)C(C)C. The lowest BCUT2D eigenvalue weighted by molar-refractivity contribution is 0.370. The van der Waals surface area contributed by atoms with Crippen molar-refractivity contribution < 1.29 is 5.11 Å². The van der Waals surface area contributed by atoms with E-state index < -0.39 is 0 Å². The Kier molecular flexibility index (Phi) is 4.19. The Bertz CT molecular complexity index is 315. The standard InChI is InChI=1S/C14H22O/c1-5-13(10(2)3)8-12-7-6-11(4)14(15)9-12/h6-7,9-10,13,15H,5,8H2,1-4H3. The Morgan fingerprint density at radius 3 is 2.40 bits per heavy atom. The molecule has 1 nitrogen and oxygen atoms in total. The smallest absolute Gasteiger partial charge is 0.118 e. The van der Waals surface area contributed by atoms with Crippen molar-refractivity contribution in [2.24, 2.45) is 11.8 Å². The van der Waals surface area contributed by atoms with Gasteiger partial charge in [-0.05, 0) is 42.4 Å². The number of hydrogen-bond acceptors (Lipinski definition) is 1. The molecule has 0 bridgehead atoms. The van der Waals surface area contributed by atoms with Crippen LogP contribution in [0.15, 0.2) is 18.2 Å². The highest BCUT2D eigenvalue weighted by Gasteiger charge is 2.12. The van der Waals surface area contributed by atoms with Gasteiger partial charge in [0.1, 0.15) is 5.75 Å². The number of benzene rings is 1. The van der Waals surface area contributed by atoms with Crippen molar-refractivity contribution >= 4 is 0 Å². The predicted octanol–water partition coefficient (Wildman–Crippen LogP) is 3.93. The van der Waals surface area contributed by atoms with E-state index in [0.29, 0.717) is 17.6 Å². The first-order valence-electron chi connectivity index (χ1n) is 5.83. The normalized spacial score (nSPS) is 13.1. The zero-order valence-corrected chi connectivity index (χ0v) is 10.2. The molecule has 0 aliphatic carbocycles. The van der Waals surface area contributed by atoms with Gasteiger partial charge in [0.15, 0.2) is 0 Å². The van der Waals surface area contributed by atoms with E-state index in [2.05, 4.69) is 26.8 Å². The average molecular weight is 206 g/mol. The van der Waals surface area contributed by atoms with Crippen LogP contribution >= 0.6 is 0 Å². The van der Waals surface area contributed by atoms with E-state index >= 15 is 0 Å². The van der Waals surface area contributed by atoms with Gasteiger partial charge >= 0.3 is 0 Å². The first-order valence-corrected chi connectivity index (χ1v) is 5.83. The van der Waals surface area contributed by atoms with Crippen LogP contribution in [-0.2, 0) is 6.42 Å². The van der Waals surface area contributed by atoms with Crippen LogP contribution in [0.4, 0.5) is 0 Å². The van der Waals surface area contributed by atoms with Gasteiger partial charge in [-0.2, -0.15) is 0 Å². The molecule has 0 aromatic heterocycles. The quantitative estimate of drug-likeness (QED) is 0.791. The second-order valence-electron chi connectivity index (χ2n) is 4.74. The molecule has 1 heteroatoms. The molecular weight excluding hydrogens is 184 g/mol. The molecule has 1 unspecified atom stereocenters. The molecule has 0 aliphatic rings. The Hall–Kier alpha value is -0.980. The van der Waals surface area contributed by atoms with E-state index in [4.69, 9.17) is 0 Å². The Morgan fingerprint density at radius 1 is 1.27 bits per heavy atom. The minimum Gasteiger partial charge on any atom is -0.508 e. The van der Waals surface area contributed by atoms with Crippen molar-refractivity contribution in [1.29, 1.82) is 0 Å². The maximum absolute atomic E-state index is 9.62. The summed E-state index contributed by atoms with van der Waals surface area (Å²) in [7, 11) is 0. The van der Waals surface area contributed by atoms with Crippen molar-refractivity contribution in [2.45, 2.75) is 40.5 Å². The summed E-state index contributed by atoms with van der Waals surface area (Å²) >= 11 is 0. The van der Waals surface area contributed by atoms with E-state index in [-0.39, 0.29) is 0 Å². The lowest BCUT2D eigenvalue weighted by Crippen LogP contribution is -2.10. The summed E-state index contributed by atoms with van der Waals surface area (Å²) in [5.41, 5.74) is 2.20. The molecule has 0 saturated carbocycles. The van der Waals surface area contributed by atoms with Crippen molar-refractivity contribution in [3.05, 3.63) is 29.3 Å². The zero-order chi connectivity index (χ0) is 11.4. The summed E-state index contributed by atoms with van der Waals surface area (Å²) in [5.74, 6) is 1.84. The highest BCUT2D eigenvalue weighted by molar-refractivity contribution is 5.35. The predicted molar refractivity (Wildman–Crippen MR) is 65.2 cm³/mol. The summed E-state index contributed by atoms with van der Waals surface area (Å²) in [4.78, 5) is 0. The van der Waals surface area contributed by atoms with E-state index in [9.17, 15) is 5.11 Å². The fourth-order valence-electron chi connectivity index (χ4n) is 1.94. The van der Waals surface area contributed by atoms with E-state index in [0.717, 1.165) is 12.0 Å².